The van der Waals surface area contributed by atoms with E-state index in [-0.39, 0.29) is 6.04 Å². The molecule has 1 unspecified atom stereocenters. The van der Waals surface area contributed by atoms with Crippen molar-refractivity contribution >= 4 is 17.2 Å². The summed E-state index contributed by atoms with van der Waals surface area (Å²) in [5.74, 6) is 0.963. The molecule has 4 nitrogen and oxygen atoms in total. The quantitative estimate of drug-likeness (QED) is 0.799. The van der Waals surface area contributed by atoms with E-state index in [0.717, 1.165) is 29.3 Å². The van der Waals surface area contributed by atoms with Gasteiger partial charge in [0, 0.05) is 31.4 Å². The molecule has 0 spiro atoms. The summed E-state index contributed by atoms with van der Waals surface area (Å²) in [6.45, 7) is 2.02. The normalized spacial score (nSPS) is 12.5. The van der Waals surface area contributed by atoms with Crippen molar-refractivity contribution < 1.29 is 0 Å². The molecule has 3 rings (SSSR count). The summed E-state index contributed by atoms with van der Waals surface area (Å²) in [7, 11) is 2.04. The van der Waals surface area contributed by atoms with Crippen LogP contribution in [0.15, 0.2) is 54.7 Å². The zero-order chi connectivity index (χ0) is 14.8. The van der Waals surface area contributed by atoms with Crippen LogP contribution in [0.2, 0.25) is 0 Å². The van der Waals surface area contributed by atoms with Gasteiger partial charge in [0.25, 0.3) is 0 Å². The lowest BCUT2D eigenvalue weighted by atomic mass is 10.2. The molecule has 2 aromatic heterocycles. The lowest BCUT2D eigenvalue weighted by Crippen LogP contribution is -2.21. The third-order valence-electron chi connectivity index (χ3n) is 3.58. The van der Waals surface area contributed by atoms with E-state index in [9.17, 15) is 0 Å². The molecular formula is C17H20N4. The first-order valence-electron chi connectivity index (χ1n) is 7.17. The molecule has 0 aliphatic carbocycles. The van der Waals surface area contributed by atoms with Crippen molar-refractivity contribution in [3.8, 4) is 0 Å². The highest BCUT2D eigenvalue weighted by Crippen LogP contribution is 2.27. The molecule has 108 valence electrons. The summed E-state index contributed by atoms with van der Waals surface area (Å²) in [5, 5.41) is 0. The molecule has 1 atom stereocenters. The summed E-state index contributed by atoms with van der Waals surface area (Å²) in [6.07, 6.45) is 2.83. The van der Waals surface area contributed by atoms with Crippen molar-refractivity contribution in [3.05, 3.63) is 60.4 Å². The minimum absolute atomic E-state index is 0.0908. The number of pyridine rings is 1. The van der Waals surface area contributed by atoms with E-state index in [0.29, 0.717) is 0 Å². The maximum absolute atomic E-state index is 6.02. The van der Waals surface area contributed by atoms with E-state index in [2.05, 4.69) is 21.4 Å². The van der Waals surface area contributed by atoms with Gasteiger partial charge in [-0.3, -0.25) is 0 Å². The minimum atomic E-state index is 0.0908. The Kier molecular flexibility index (Phi) is 3.62. The summed E-state index contributed by atoms with van der Waals surface area (Å²) in [4.78, 5) is 6.89. The molecule has 3 aromatic rings. The van der Waals surface area contributed by atoms with Crippen LogP contribution in [-0.4, -0.2) is 22.5 Å². The molecule has 2 N–H and O–H groups in total. The van der Waals surface area contributed by atoms with Gasteiger partial charge in [-0.25, -0.2) is 4.98 Å². The molecule has 0 aliphatic rings. The Morgan fingerprint density at radius 1 is 1.14 bits per heavy atom. The van der Waals surface area contributed by atoms with Crippen molar-refractivity contribution in [1.29, 1.82) is 0 Å². The van der Waals surface area contributed by atoms with Crippen molar-refractivity contribution in [1.82, 2.24) is 9.38 Å². The van der Waals surface area contributed by atoms with E-state index in [4.69, 9.17) is 10.7 Å². The predicted molar refractivity (Wildman–Crippen MR) is 87.1 cm³/mol. The topological polar surface area (TPSA) is 46.6 Å². The maximum Gasteiger partial charge on any atom is 0.155 e. The van der Waals surface area contributed by atoms with Gasteiger partial charge in [0.1, 0.15) is 5.65 Å². The number of para-hydroxylation sites is 1. The van der Waals surface area contributed by atoms with Crippen LogP contribution in [0.5, 0.6) is 0 Å². The molecule has 2 heterocycles. The largest absolute Gasteiger partial charge is 0.328 e. The number of benzene rings is 1. The van der Waals surface area contributed by atoms with Gasteiger partial charge in [-0.1, -0.05) is 24.3 Å². The highest BCUT2D eigenvalue weighted by Gasteiger charge is 2.17. The fraction of sp³-hybridized carbons (Fsp3) is 0.235. The Balaban J connectivity index is 2.12. The molecule has 0 saturated heterocycles. The number of fused-ring (bicyclic) bond motifs is 1. The van der Waals surface area contributed by atoms with Gasteiger partial charge in [-0.05, 0) is 31.2 Å². The number of hydrogen-bond donors (Lipinski definition) is 1. The predicted octanol–water partition coefficient (Wildman–Crippen LogP) is 2.99. The number of nitrogens with two attached hydrogens (primary N) is 1. The van der Waals surface area contributed by atoms with Crippen LogP contribution in [0.3, 0.4) is 0 Å². The number of rotatable bonds is 4. The van der Waals surface area contributed by atoms with Gasteiger partial charge < -0.3 is 15.0 Å². The first-order chi connectivity index (χ1) is 10.2. The minimum Gasteiger partial charge on any atom is -0.328 e. The van der Waals surface area contributed by atoms with Crippen LogP contribution in [-0.2, 0) is 6.42 Å². The van der Waals surface area contributed by atoms with Gasteiger partial charge in [0.2, 0.25) is 0 Å². The molecule has 0 fully saturated rings. The van der Waals surface area contributed by atoms with Crippen LogP contribution in [0.25, 0.3) is 5.65 Å². The number of hydrogen-bond acceptors (Lipinski definition) is 3. The Bertz CT molecular complexity index is 731. The van der Waals surface area contributed by atoms with Crippen LogP contribution in [0.1, 0.15) is 12.6 Å². The van der Waals surface area contributed by atoms with E-state index in [1.165, 1.54) is 0 Å². The first kappa shape index (κ1) is 13.6. The first-order valence-corrected chi connectivity index (χ1v) is 7.17. The van der Waals surface area contributed by atoms with Crippen LogP contribution in [0.4, 0.5) is 11.5 Å². The van der Waals surface area contributed by atoms with E-state index in [1.54, 1.807) is 0 Å². The second-order valence-electron chi connectivity index (χ2n) is 5.39. The fourth-order valence-electron chi connectivity index (χ4n) is 2.57. The van der Waals surface area contributed by atoms with Crippen LogP contribution in [0, 0.1) is 0 Å². The van der Waals surface area contributed by atoms with Gasteiger partial charge in [0.05, 0.1) is 5.69 Å². The average Bonchev–Trinajstić information content (AvgIpc) is 2.86. The standard InChI is InChI=1S/C17H20N4/c1-13(18)12-15-17(19-16-10-6-7-11-21(15)16)20(2)14-8-4-3-5-9-14/h3-11,13H,12,18H2,1-2H3. The summed E-state index contributed by atoms with van der Waals surface area (Å²) in [6, 6.07) is 16.4. The van der Waals surface area contributed by atoms with Gasteiger partial charge in [-0.15, -0.1) is 0 Å². The second-order valence-corrected chi connectivity index (χ2v) is 5.39. The molecule has 0 radical (unpaired) electrons. The highest BCUT2D eigenvalue weighted by molar-refractivity contribution is 5.65. The Hall–Kier alpha value is -2.33. The Morgan fingerprint density at radius 2 is 1.86 bits per heavy atom. The van der Waals surface area contributed by atoms with E-state index >= 15 is 0 Å². The molecule has 0 aliphatic heterocycles. The van der Waals surface area contributed by atoms with Crippen molar-refractivity contribution in [2.24, 2.45) is 5.73 Å². The molecule has 21 heavy (non-hydrogen) atoms. The molecule has 0 amide bonds. The third kappa shape index (κ3) is 2.62. The van der Waals surface area contributed by atoms with Crippen LogP contribution >= 0.6 is 0 Å². The highest BCUT2D eigenvalue weighted by atomic mass is 15.2. The lowest BCUT2D eigenvalue weighted by molar-refractivity contribution is 0.716. The average molecular weight is 280 g/mol. The van der Waals surface area contributed by atoms with Gasteiger partial charge in [0.15, 0.2) is 5.82 Å². The number of nitrogens with zero attached hydrogens (tertiary/aromatic N) is 3. The van der Waals surface area contributed by atoms with Crippen molar-refractivity contribution in [3.63, 3.8) is 0 Å². The van der Waals surface area contributed by atoms with Crippen LogP contribution < -0.4 is 10.6 Å². The van der Waals surface area contributed by atoms with Gasteiger partial charge in [-0.2, -0.15) is 0 Å². The summed E-state index contributed by atoms with van der Waals surface area (Å²) in [5.41, 5.74) is 9.24. The molecule has 1 aromatic carbocycles. The molecule has 4 heteroatoms. The Morgan fingerprint density at radius 3 is 2.57 bits per heavy atom. The zero-order valence-electron chi connectivity index (χ0n) is 12.4. The molecule has 0 bridgehead atoms. The lowest BCUT2D eigenvalue weighted by Gasteiger charge is -2.19. The zero-order valence-corrected chi connectivity index (χ0v) is 12.4. The third-order valence-corrected chi connectivity index (χ3v) is 3.58. The monoisotopic (exact) mass is 280 g/mol. The van der Waals surface area contributed by atoms with E-state index < -0.39 is 0 Å². The van der Waals surface area contributed by atoms with Gasteiger partial charge >= 0.3 is 0 Å². The second kappa shape index (κ2) is 5.58. The molecule has 0 saturated carbocycles. The molecular weight excluding hydrogens is 260 g/mol. The number of anilines is 2. The summed E-state index contributed by atoms with van der Waals surface area (Å²) < 4.78 is 2.12. The Labute approximate surface area is 124 Å². The number of imidazole rings is 1. The maximum atomic E-state index is 6.02. The smallest absolute Gasteiger partial charge is 0.155 e. The summed E-state index contributed by atoms with van der Waals surface area (Å²) >= 11 is 0. The SMILES string of the molecule is CC(N)Cc1c(N(C)c2ccccc2)nc2ccccn12. The van der Waals surface area contributed by atoms with E-state index in [1.807, 2.05) is 56.6 Å². The fourth-order valence-corrected chi connectivity index (χ4v) is 2.57. The van der Waals surface area contributed by atoms with Crippen molar-refractivity contribution in [2.75, 3.05) is 11.9 Å². The van der Waals surface area contributed by atoms with Crippen molar-refractivity contribution in [2.45, 2.75) is 19.4 Å². The number of aromatic nitrogens is 2.